The summed E-state index contributed by atoms with van der Waals surface area (Å²) >= 11 is 0.942. The van der Waals surface area contributed by atoms with Gasteiger partial charge in [0.15, 0.2) is 0 Å². The van der Waals surface area contributed by atoms with E-state index in [1.165, 1.54) is 45.6 Å². The van der Waals surface area contributed by atoms with Gasteiger partial charge >= 0.3 is 5.97 Å². The summed E-state index contributed by atoms with van der Waals surface area (Å²) in [5, 5.41) is 1.37. The molecule has 2 aliphatic rings. The molecule has 1 aromatic rings. The summed E-state index contributed by atoms with van der Waals surface area (Å²) in [6, 6.07) is 5.05. The van der Waals surface area contributed by atoms with Crippen LogP contribution >= 0.6 is 11.8 Å². The zero-order chi connectivity index (χ0) is 25.2. The lowest BCUT2D eigenvalue weighted by atomic mass is 9.85. The van der Waals surface area contributed by atoms with Crippen LogP contribution in [-0.4, -0.2) is 60.5 Å². The minimum Gasteiger partial charge on any atom is -0.491 e. The first-order chi connectivity index (χ1) is 16.9. The molecule has 192 valence electrons. The van der Waals surface area contributed by atoms with Crippen molar-refractivity contribution in [1.82, 2.24) is 10.2 Å². The van der Waals surface area contributed by atoms with Gasteiger partial charge in [0.05, 0.1) is 18.9 Å². The van der Waals surface area contributed by atoms with Crippen molar-refractivity contribution < 1.29 is 28.7 Å². The normalized spacial score (nSPS) is 18.3. The van der Waals surface area contributed by atoms with Crippen LogP contribution in [0.2, 0.25) is 0 Å². The number of carbonyl (C=O) groups excluding carboxylic acids is 4. The van der Waals surface area contributed by atoms with Crippen LogP contribution in [0, 0.1) is 5.92 Å². The Kier molecular flexibility index (Phi) is 10.4. The van der Waals surface area contributed by atoms with Gasteiger partial charge in [-0.2, -0.15) is 0 Å². The Morgan fingerprint density at radius 1 is 1.14 bits per heavy atom. The van der Waals surface area contributed by atoms with E-state index in [-0.39, 0.29) is 29.2 Å². The highest BCUT2D eigenvalue weighted by Gasteiger charge is 2.31. The van der Waals surface area contributed by atoms with Crippen molar-refractivity contribution in [3.05, 3.63) is 29.3 Å². The Bertz CT molecular complexity index is 915. The van der Waals surface area contributed by atoms with Gasteiger partial charge in [-0.25, -0.2) is 4.79 Å². The van der Waals surface area contributed by atoms with Crippen LogP contribution in [-0.2, 0) is 20.7 Å². The van der Waals surface area contributed by atoms with Gasteiger partial charge in [-0.1, -0.05) is 62.8 Å². The molecule has 2 fully saturated rings. The van der Waals surface area contributed by atoms with E-state index >= 15 is 0 Å². The smallest absolute Gasteiger partial charge is 0.341 e. The van der Waals surface area contributed by atoms with E-state index in [1.54, 1.807) is 30.1 Å². The van der Waals surface area contributed by atoms with Crippen molar-refractivity contribution >= 4 is 34.8 Å². The molecule has 0 radical (unpaired) electrons. The van der Waals surface area contributed by atoms with E-state index in [2.05, 4.69) is 5.32 Å². The Hall–Kier alpha value is -2.55. The molecule has 3 amide bonds. The fraction of sp³-hybridized carbons (Fsp3) is 0.615. The molecular weight excluding hydrogens is 468 g/mol. The zero-order valence-electron chi connectivity index (χ0n) is 20.7. The van der Waals surface area contributed by atoms with Crippen LogP contribution in [0.5, 0.6) is 5.75 Å². The van der Waals surface area contributed by atoms with Crippen LogP contribution < -0.4 is 10.1 Å². The minimum absolute atomic E-state index is 0.0997. The number of methoxy groups -OCH3 is 1. The van der Waals surface area contributed by atoms with Crippen LogP contribution in [0.25, 0.3) is 0 Å². The summed E-state index contributed by atoms with van der Waals surface area (Å²) in [6.07, 6.45) is 10.9. The number of unbranched alkanes of at least 4 members (excludes halogenated alkanes) is 1. The Balaban J connectivity index is 1.45. The lowest BCUT2D eigenvalue weighted by Gasteiger charge is -2.21. The summed E-state index contributed by atoms with van der Waals surface area (Å²) < 4.78 is 10.7. The highest BCUT2D eigenvalue weighted by Crippen LogP contribution is 2.28. The third-order valence-electron chi connectivity index (χ3n) is 6.73. The van der Waals surface area contributed by atoms with E-state index in [9.17, 15) is 19.2 Å². The molecule has 0 bridgehead atoms. The lowest BCUT2D eigenvalue weighted by Crippen LogP contribution is -2.30. The van der Waals surface area contributed by atoms with Gasteiger partial charge in [-0.05, 0) is 36.5 Å². The standard InChI is InChI=1S/C26H36N2O6S/c1-28(23(29)11-7-6-10-18-8-4-3-5-9-18)14-15-34-21-13-12-19(16-20(21)25(31)33-2)17-22-24(30)27-26(32)35-22/h12-13,16,18,22H,3-11,14-15,17H2,1-2H3,(H,27,30,32). The van der Waals surface area contributed by atoms with Crippen molar-refractivity contribution in [3.8, 4) is 5.75 Å². The molecule has 1 aromatic carbocycles. The van der Waals surface area contributed by atoms with E-state index in [0.717, 1.165) is 36.1 Å². The molecule has 3 rings (SSSR count). The highest BCUT2D eigenvalue weighted by atomic mass is 32.2. The van der Waals surface area contributed by atoms with Gasteiger partial charge < -0.3 is 14.4 Å². The SMILES string of the molecule is COC(=O)c1cc(CC2SC(=O)NC2=O)ccc1OCCN(C)C(=O)CCCCC1CCCCC1. The van der Waals surface area contributed by atoms with Gasteiger partial charge in [0.2, 0.25) is 11.8 Å². The molecular formula is C26H36N2O6S. The number of hydrogen-bond acceptors (Lipinski definition) is 7. The number of nitrogens with one attached hydrogen (secondary N) is 1. The van der Waals surface area contributed by atoms with Crippen molar-refractivity contribution in [2.24, 2.45) is 5.92 Å². The van der Waals surface area contributed by atoms with Gasteiger partial charge in [-0.3, -0.25) is 19.7 Å². The molecule has 1 saturated heterocycles. The predicted octanol–water partition coefficient (Wildman–Crippen LogP) is 4.35. The molecule has 9 heteroatoms. The van der Waals surface area contributed by atoms with Gasteiger partial charge in [0.1, 0.15) is 17.9 Å². The molecule has 1 aliphatic carbocycles. The van der Waals surface area contributed by atoms with Crippen LogP contribution in [0.3, 0.4) is 0 Å². The first-order valence-electron chi connectivity index (χ1n) is 12.5. The van der Waals surface area contributed by atoms with E-state index in [0.29, 0.717) is 25.1 Å². The second-order valence-electron chi connectivity index (χ2n) is 9.32. The van der Waals surface area contributed by atoms with E-state index in [4.69, 9.17) is 9.47 Å². The number of nitrogens with zero attached hydrogens (tertiary/aromatic N) is 1. The predicted molar refractivity (Wildman–Crippen MR) is 135 cm³/mol. The molecule has 1 atom stereocenters. The fourth-order valence-electron chi connectivity index (χ4n) is 4.63. The number of likely N-dealkylation sites (N-methyl/N-ethyl adjacent to an activating group) is 1. The first-order valence-corrected chi connectivity index (χ1v) is 13.3. The topological polar surface area (TPSA) is 102 Å². The average Bonchev–Trinajstić information content (AvgIpc) is 3.18. The Morgan fingerprint density at radius 3 is 2.60 bits per heavy atom. The van der Waals surface area contributed by atoms with Crippen molar-refractivity contribution in [1.29, 1.82) is 0 Å². The van der Waals surface area contributed by atoms with Gasteiger partial charge in [0.25, 0.3) is 5.24 Å². The molecule has 0 aromatic heterocycles. The molecule has 8 nitrogen and oxygen atoms in total. The Morgan fingerprint density at radius 2 is 1.91 bits per heavy atom. The maximum Gasteiger partial charge on any atom is 0.341 e. The molecule has 1 saturated carbocycles. The maximum absolute atomic E-state index is 12.5. The first kappa shape index (κ1) is 27.0. The second-order valence-corrected chi connectivity index (χ2v) is 10.5. The molecule has 1 aliphatic heterocycles. The highest BCUT2D eigenvalue weighted by molar-refractivity contribution is 8.15. The van der Waals surface area contributed by atoms with Crippen molar-refractivity contribution in [3.63, 3.8) is 0 Å². The number of esters is 1. The summed E-state index contributed by atoms with van der Waals surface area (Å²) in [4.78, 5) is 49.7. The number of ether oxygens (including phenoxy) is 2. The lowest BCUT2D eigenvalue weighted by molar-refractivity contribution is -0.130. The van der Waals surface area contributed by atoms with Gasteiger partial charge in [0, 0.05) is 13.5 Å². The van der Waals surface area contributed by atoms with Gasteiger partial charge in [-0.15, -0.1) is 0 Å². The number of carbonyl (C=O) groups is 4. The van der Waals surface area contributed by atoms with Crippen LogP contribution in [0.4, 0.5) is 4.79 Å². The maximum atomic E-state index is 12.5. The number of amides is 3. The summed E-state index contributed by atoms with van der Waals surface area (Å²) in [5.74, 6) is 0.415. The summed E-state index contributed by atoms with van der Waals surface area (Å²) in [6.45, 7) is 0.647. The van der Waals surface area contributed by atoms with Crippen molar-refractivity contribution in [2.75, 3.05) is 27.3 Å². The molecule has 1 N–H and O–H groups in total. The summed E-state index contributed by atoms with van der Waals surface area (Å²) in [5.41, 5.74) is 0.969. The van der Waals surface area contributed by atoms with Crippen molar-refractivity contribution in [2.45, 2.75) is 69.5 Å². The number of thioether (sulfide) groups is 1. The van der Waals surface area contributed by atoms with E-state index in [1.807, 2.05) is 0 Å². The number of hydrogen-bond donors (Lipinski definition) is 1. The third kappa shape index (κ3) is 8.26. The Labute approximate surface area is 211 Å². The molecule has 0 spiro atoms. The van der Waals surface area contributed by atoms with Crippen LogP contribution in [0.1, 0.15) is 73.7 Å². The monoisotopic (exact) mass is 504 g/mol. The molecule has 1 unspecified atom stereocenters. The number of benzene rings is 1. The number of imide groups is 1. The average molecular weight is 505 g/mol. The fourth-order valence-corrected chi connectivity index (χ4v) is 5.49. The largest absolute Gasteiger partial charge is 0.491 e. The quantitative estimate of drug-likeness (QED) is 0.334. The molecule has 35 heavy (non-hydrogen) atoms. The second kappa shape index (κ2) is 13.5. The minimum atomic E-state index is -0.552. The number of rotatable bonds is 12. The third-order valence-corrected chi connectivity index (χ3v) is 7.71. The summed E-state index contributed by atoms with van der Waals surface area (Å²) in [7, 11) is 3.06. The van der Waals surface area contributed by atoms with E-state index < -0.39 is 11.2 Å². The molecule has 1 heterocycles. The van der Waals surface area contributed by atoms with Crippen LogP contribution in [0.15, 0.2) is 18.2 Å². The zero-order valence-corrected chi connectivity index (χ0v) is 21.5.